The Kier molecular flexibility index (Phi) is 5.58. The molecule has 1 rings (SSSR count). The molecule has 0 aromatic heterocycles. The van der Waals surface area contributed by atoms with E-state index in [2.05, 4.69) is 15.9 Å². The van der Waals surface area contributed by atoms with Gasteiger partial charge >= 0.3 is 0 Å². The van der Waals surface area contributed by atoms with Crippen LogP contribution in [-0.4, -0.2) is 16.5 Å². The Balaban J connectivity index is 2.65. The van der Waals surface area contributed by atoms with Gasteiger partial charge in [0.1, 0.15) is 5.82 Å². The highest BCUT2D eigenvalue weighted by Crippen LogP contribution is 2.17. The molecule has 0 aliphatic carbocycles. The second-order valence-electron chi connectivity index (χ2n) is 3.83. The van der Waals surface area contributed by atoms with Crippen LogP contribution in [-0.2, 0) is 16.6 Å². The first-order valence-corrected chi connectivity index (χ1v) is 7.30. The van der Waals surface area contributed by atoms with Crippen LogP contribution < -0.4 is 5.73 Å². The lowest BCUT2D eigenvalue weighted by Gasteiger charge is -2.08. The van der Waals surface area contributed by atoms with Gasteiger partial charge in [-0.3, -0.25) is 4.21 Å². The Labute approximate surface area is 106 Å². The lowest BCUT2D eigenvalue weighted by Crippen LogP contribution is -2.18. The summed E-state index contributed by atoms with van der Waals surface area (Å²) in [6, 6.07) is 4.67. The van der Waals surface area contributed by atoms with Crippen LogP contribution in [0.15, 0.2) is 22.7 Å². The molecule has 5 heteroatoms. The summed E-state index contributed by atoms with van der Waals surface area (Å²) in [7, 11) is -1.06. The fraction of sp³-hybridized carbons (Fsp3) is 0.455. The zero-order chi connectivity index (χ0) is 12.1. The van der Waals surface area contributed by atoms with Crippen molar-refractivity contribution in [3.63, 3.8) is 0 Å². The first kappa shape index (κ1) is 13.8. The summed E-state index contributed by atoms with van der Waals surface area (Å²) >= 11 is 3.27. The predicted molar refractivity (Wildman–Crippen MR) is 69.0 cm³/mol. The molecule has 16 heavy (non-hydrogen) atoms. The molecule has 0 bridgehead atoms. The van der Waals surface area contributed by atoms with Gasteiger partial charge in [-0.15, -0.1) is 0 Å². The number of hydrogen-bond donors (Lipinski definition) is 1. The molecule has 0 saturated heterocycles. The minimum atomic E-state index is -1.06. The highest BCUT2D eigenvalue weighted by molar-refractivity contribution is 9.10. The number of nitrogens with two attached hydrogens (primary N) is 1. The third kappa shape index (κ3) is 4.31. The first-order chi connectivity index (χ1) is 7.52. The molecule has 90 valence electrons. The van der Waals surface area contributed by atoms with Gasteiger partial charge in [-0.05, 0) is 30.7 Å². The van der Waals surface area contributed by atoms with Crippen molar-refractivity contribution in [2.75, 3.05) is 12.3 Å². The largest absolute Gasteiger partial charge is 0.330 e. The van der Waals surface area contributed by atoms with Crippen molar-refractivity contribution in [1.82, 2.24) is 0 Å². The predicted octanol–water partition coefficient (Wildman–Crippen LogP) is 2.43. The van der Waals surface area contributed by atoms with E-state index in [9.17, 15) is 8.60 Å². The maximum Gasteiger partial charge on any atom is 0.127 e. The normalized spacial score (nSPS) is 14.8. The molecule has 0 saturated carbocycles. The lowest BCUT2D eigenvalue weighted by molar-refractivity contribution is 0.612. The summed E-state index contributed by atoms with van der Waals surface area (Å²) in [6.07, 6.45) is 0. The number of rotatable bonds is 5. The fourth-order valence-corrected chi connectivity index (χ4v) is 3.14. The van der Waals surface area contributed by atoms with Gasteiger partial charge in [0.25, 0.3) is 0 Å². The standard InChI is InChI=1S/C11H15BrFNOS/c1-8(5-14)6-16(15)7-9-4-10(12)2-3-11(9)13/h2-4,8H,5-7,14H2,1H3. The van der Waals surface area contributed by atoms with Crippen molar-refractivity contribution in [2.24, 2.45) is 11.7 Å². The lowest BCUT2D eigenvalue weighted by atomic mass is 10.2. The van der Waals surface area contributed by atoms with E-state index in [0.717, 1.165) is 4.47 Å². The van der Waals surface area contributed by atoms with Crippen LogP contribution in [0.4, 0.5) is 4.39 Å². The molecular weight excluding hydrogens is 293 g/mol. The summed E-state index contributed by atoms with van der Waals surface area (Å²) in [5.41, 5.74) is 5.93. The van der Waals surface area contributed by atoms with Crippen LogP contribution in [0.25, 0.3) is 0 Å². The van der Waals surface area contributed by atoms with E-state index in [4.69, 9.17) is 5.73 Å². The van der Waals surface area contributed by atoms with Gasteiger partial charge in [-0.1, -0.05) is 22.9 Å². The molecule has 1 aromatic carbocycles. The second-order valence-corrected chi connectivity index (χ2v) is 6.24. The van der Waals surface area contributed by atoms with E-state index in [0.29, 0.717) is 17.9 Å². The molecule has 0 spiro atoms. The topological polar surface area (TPSA) is 43.1 Å². The molecule has 2 N–H and O–H groups in total. The van der Waals surface area contributed by atoms with E-state index in [1.54, 1.807) is 12.1 Å². The van der Waals surface area contributed by atoms with Gasteiger partial charge in [0.2, 0.25) is 0 Å². The third-order valence-corrected chi connectivity index (χ3v) is 4.26. The highest BCUT2D eigenvalue weighted by Gasteiger charge is 2.10. The third-order valence-electron chi connectivity index (χ3n) is 2.20. The summed E-state index contributed by atoms with van der Waals surface area (Å²) in [4.78, 5) is 0. The van der Waals surface area contributed by atoms with E-state index in [1.807, 2.05) is 6.92 Å². The van der Waals surface area contributed by atoms with Crippen LogP contribution in [0.2, 0.25) is 0 Å². The molecule has 0 aliphatic rings. The van der Waals surface area contributed by atoms with Crippen molar-refractivity contribution >= 4 is 26.7 Å². The number of benzene rings is 1. The molecule has 1 aromatic rings. The number of hydrogen-bond acceptors (Lipinski definition) is 2. The van der Waals surface area contributed by atoms with E-state index < -0.39 is 10.8 Å². The molecule has 0 radical (unpaired) electrons. The average Bonchev–Trinajstić information content (AvgIpc) is 2.23. The Bertz CT molecular complexity index is 386. The quantitative estimate of drug-likeness (QED) is 0.908. The molecule has 0 amide bonds. The summed E-state index contributed by atoms with van der Waals surface area (Å²) in [5, 5.41) is 0. The summed E-state index contributed by atoms with van der Waals surface area (Å²) < 4.78 is 25.9. The Hall–Kier alpha value is -0.260. The SMILES string of the molecule is CC(CN)CS(=O)Cc1cc(Br)ccc1F. The first-order valence-electron chi connectivity index (χ1n) is 5.02. The van der Waals surface area contributed by atoms with Crippen molar-refractivity contribution in [1.29, 1.82) is 0 Å². The van der Waals surface area contributed by atoms with Gasteiger partial charge in [0.05, 0.1) is 5.75 Å². The maximum atomic E-state index is 13.4. The van der Waals surface area contributed by atoms with Crippen molar-refractivity contribution < 1.29 is 8.60 Å². The van der Waals surface area contributed by atoms with Crippen LogP contribution >= 0.6 is 15.9 Å². The average molecular weight is 308 g/mol. The van der Waals surface area contributed by atoms with Gasteiger partial charge in [0.15, 0.2) is 0 Å². The fourth-order valence-electron chi connectivity index (χ4n) is 1.27. The number of halogens is 2. The minimum Gasteiger partial charge on any atom is -0.330 e. The Morgan fingerprint density at radius 1 is 1.56 bits per heavy atom. The highest BCUT2D eigenvalue weighted by atomic mass is 79.9. The van der Waals surface area contributed by atoms with Gasteiger partial charge in [-0.2, -0.15) is 0 Å². The smallest absolute Gasteiger partial charge is 0.127 e. The summed E-state index contributed by atoms with van der Waals surface area (Å²) in [5.74, 6) is 0.658. The molecule has 2 unspecified atom stereocenters. The van der Waals surface area contributed by atoms with Crippen LogP contribution in [0, 0.1) is 11.7 Å². The van der Waals surface area contributed by atoms with Crippen molar-refractivity contribution in [3.05, 3.63) is 34.1 Å². The molecular formula is C11H15BrFNOS. The van der Waals surface area contributed by atoms with Crippen LogP contribution in [0.1, 0.15) is 12.5 Å². The van der Waals surface area contributed by atoms with Crippen LogP contribution in [0.3, 0.4) is 0 Å². The van der Waals surface area contributed by atoms with Crippen molar-refractivity contribution in [3.8, 4) is 0 Å². The molecule has 0 aliphatic heterocycles. The second kappa shape index (κ2) is 6.47. The van der Waals surface area contributed by atoms with Crippen molar-refractivity contribution in [2.45, 2.75) is 12.7 Å². The zero-order valence-electron chi connectivity index (χ0n) is 9.08. The maximum absolute atomic E-state index is 13.4. The molecule has 0 heterocycles. The van der Waals surface area contributed by atoms with E-state index in [1.165, 1.54) is 6.07 Å². The zero-order valence-corrected chi connectivity index (χ0v) is 11.5. The molecule has 2 nitrogen and oxygen atoms in total. The van der Waals surface area contributed by atoms with Gasteiger partial charge < -0.3 is 5.73 Å². The Morgan fingerprint density at radius 3 is 2.88 bits per heavy atom. The minimum absolute atomic E-state index is 0.205. The molecule has 2 atom stereocenters. The van der Waals surface area contributed by atoms with Crippen LogP contribution in [0.5, 0.6) is 0 Å². The van der Waals surface area contributed by atoms with E-state index in [-0.39, 0.29) is 17.5 Å². The van der Waals surface area contributed by atoms with Gasteiger partial charge in [0, 0.05) is 26.6 Å². The molecule has 0 fully saturated rings. The summed E-state index contributed by atoms with van der Waals surface area (Å²) in [6.45, 7) is 2.45. The Morgan fingerprint density at radius 2 is 2.25 bits per heavy atom. The monoisotopic (exact) mass is 307 g/mol. The van der Waals surface area contributed by atoms with Gasteiger partial charge in [-0.25, -0.2) is 4.39 Å². The van der Waals surface area contributed by atoms with E-state index >= 15 is 0 Å².